The summed E-state index contributed by atoms with van der Waals surface area (Å²) < 4.78 is 5.61. The molecule has 0 aliphatic carbocycles. The standard InChI is InChI=1S/C18H22O2/c1-3-12-20-17-7-5-6-16(13-17)18(19)15-10-8-14(4-2)9-11-15/h5-11,13,18-19H,3-4,12H2,1-2H3. The molecular formula is C18H22O2. The lowest BCUT2D eigenvalue weighted by Gasteiger charge is -2.13. The molecule has 0 fully saturated rings. The maximum absolute atomic E-state index is 10.4. The van der Waals surface area contributed by atoms with Crippen molar-refractivity contribution in [2.75, 3.05) is 6.61 Å². The first-order valence-corrected chi connectivity index (χ1v) is 7.24. The van der Waals surface area contributed by atoms with Crippen molar-refractivity contribution in [1.82, 2.24) is 0 Å². The summed E-state index contributed by atoms with van der Waals surface area (Å²) in [6, 6.07) is 15.8. The number of hydrogen-bond donors (Lipinski definition) is 1. The smallest absolute Gasteiger partial charge is 0.119 e. The molecule has 0 aromatic heterocycles. The van der Waals surface area contributed by atoms with Crippen molar-refractivity contribution < 1.29 is 9.84 Å². The van der Waals surface area contributed by atoms with Crippen LogP contribution >= 0.6 is 0 Å². The normalized spacial score (nSPS) is 12.2. The van der Waals surface area contributed by atoms with Gasteiger partial charge in [0.05, 0.1) is 6.61 Å². The molecule has 1 atom stereocenters. The molecule has 0 amide bonds. The highest BCUT2D eigenvalue weighted by molar-refractivity contribution is 5.36. The lowest BCUT2D eigenvalue weighted by Crippen LogP contribution is -2.01. The minimum absolute atomic E-state index is 0.605. The monoisotopic (exact) mass is 270 g/mol. The third-order valence-corrected chi connectivity index (χ3v) is 3.35. The predicted octanol–water partition coefficient (Wildman–Crippen LogP) is 4.12. The van der Waals surface area contributed by atoms with Gasteiger partial charge in [-0.05, 0) is 41.7 Å². The van der Waals surface area contributed by atoms with Crippen molar-refractivity contribution in [2.24, 2.45) is 0 Å². The maximum Gasteiger partial charge on any atom is 0.119 e. The molecule has 1 N–H and O–H groups in total. The molecule has 2 heteroatoms. The zero-order chi connectivity index (χ0) is 14.4. The summed E-state index contributed by atoms with van der Waals surface area (Å²) in [5, 5.41) is 10.4. The van der Waals surface area contributed by atoms with Gasteiger partial charge in [-0.15, -0.1) is 0 Å². The third kappa shape index (κ3) is 3.61. The first-order chi connectivity index (χ1) is 9.74. The Bertz CT molecular complexity index is 531. The van der Waals surface area contributed by atoms with Crippen LogP contribution in [0, 0.1) is 0 Å². The Morgan fingerprint density at radius 2 is 1.75 bits per heavy atom. The Morgan fingerprint density at radius 3 is 2.40 bits per heavy atom. The van der Waals surface area contributed by atoms with Gasteiger partial charge in [0.1, 0.15) is 11.9 Å². The van der Waals surface area contributed by atoms with Gasteiger partial charge in [-0.3, -0.25) is 0 Å². The number of rotatable bonds is 6. The number of hydrogen-bond acceptors (Lipinski definition) is 2. The van der Waals surface area contributed by atoms with Crippen LogP contribution in [-0.4, -0.2) is 11.7 Å². The Balaban J connectivity index is 2.16. The molecule has 0 aliphatic rings. The second-order valence-electron chi connectivity index (χ2n) is 4.92. The fourth-order valence-electron chi connectivity index (χ4n) is 2.12. The van der Waals surface area contributed by atoms with Gasteiger partial charge >= 0.3 is 0 Å². The quantitative estimate of drug-likeness (QED) is 0.855. The summed E-state index contributed by atoms with van der Waals surface area (Å²) in [5.74, 6) is 0.813. The molecule has 1 unspecified atom stereocenters. The first kappa shape index (κ1) is 14.6. The number of ether oxygens (including phenoxy) is 1. The van der Waals surface area contributed by atoms with Gasteiger partial charge in [-0.25, -0.2) is 0 Å². The Morgan fingerprint density at radius 1 is 1.00 bits per heavy atom. The van der Waals surface area contributed by atoms with E-state index in [0.717, 1.165) is 29.7 Å². The minimum Gasteiger partial charge on any atom is -0.494 e. The van der Waals surface area contributed by atoms with Gasteiger partial charge in [0.25, 0.3) is 0 Å². The number of aliphatic hydroxyl groups is 1. The summed E-state index contributed by atoms with van der Waals surface area (Å²) in [6.45, 7) is 4.90. The zero-order valence-corrected chi connectivity index (χ0v) is 12.2. The lowest BCUT2D eigenvalue weighted by molar-refractivity contribution is 0.219. The molecule has 2 rings (SSSR count). The summed E-state index contributed by atoms with van der Waals surface area (Å²) in [7, 11) is 0. The van der Waals surface area contributed by atoms with E-state index < -0.39 is 6.10 Å². The van der Waals surface area contributed by atoms with Crippen LogP contribution in [0.5, 0.6) is 5.75 Å². The van der Waals surface area contributed by atoms with Crippen LogP contribution in [-0.2, 0) is 6.42 Å². The summed E-state index contributed by atoms with van der Waals surface area (Å²) >= 11 is 0. The van der Waals surface area contributed by atoms with Crippen LogP contribution in [0.1, 0.15) is 43.1 Å². The van der Waals surface area contributed by atoms with E-state index in [1.165, 1.54) is 5.56 Å². The first-order valence-electron chi connectivity index (χ1n) is 7.24. The Kier molecular flexibility index (Phi) is 5.19. The maximum atomic E-state index is 10.4. The minimum atomic E-state index is -0.605. The van der Waals surface area contributed by atoms with Gasteiger partial charge in [0, 0.05) is 0 Å². The molecule has 0 saturated heterocycles. The fraction of sp³-hybridized carbons (Fsp3) is 0.333. The van der Waals surface area contributed by atoms with Crippen molar-refractivity contribution in [2.45, 2.75) is 32.8 Å². The lowest BCUT2D eigenvalue weighted by atomic mass is 10.00. The highest BCUT2D eigenvalue weighted by atomic mass is 16.5. The molecule has 106 valence electrons. The molecule has 0 spiro atoms. The topological polar surface area (TPSA) is 29.5 Å². The number of aryl methyl sites for hydroxylation is 1. The molecule has 2 aromatic carbocycles. The van der Waals surface area contributed by atoms with Crippen LogP contribution in [0.15, 0.2) is 48.5 Å². The van der Waals surface area contributed by atoms with Crippen LogP contribution in [0.3, 0.4) is 0 Å². The van der Waals surface area contributed by atoms with E-state index in [1.54, 1.807) is 0 Å². The second-order valence-corrected chi connectivity index (χ2v) is 4.92. The third-order valence-electron chi connectivity index (χ3n) is 3.35. The van der Waals surface area contributed by atoms with Crippen molar-refractivity contribution in [3.8, 4) is 5.75 Å². The van der Waals surface area contributed by atoms with E-state index in [1.807, 2.05) is 36.4 Å². The number of benzene rings is 2. The van der Waals surface area contributed by atoms with Crippen LogP contribution in [0.25, 0.3) is 0 Å². The van der Waals surface area contributed by atoms with E-state index in [4.69, 9.17) is 4.74 Å². The van der Waals surface area contributed by atoms with Crippen molar-refractivity contribution in [3.05, 3.63) is 65.2 Å². The predicted molar refractivity (Wildman–Crippen MR) is 82.1 cm³/mol. The zero-order valence-electron chi connectivity index (χ0n) is 12.2. The molecule has 0 aliphatic heterocycles. The fourth-order valence-corrected chi connectivity index (χ4v) is 2.12. The average Bonchev–Trinajstić information content (AvgIpc) is 2.52. The molecule has 0 heterocycles. The van der Waals surface area contributed by atoms with E-state index >= 15 is 0 Å². The molecule has 0 saturated carbocycles. The highest BCUT2D eigenvalue weighted by Crippen LogP contribution is 2.25. The van der Waals surface area contributed by atoms with Crippen LogP contribution < -0.4 is 4.74 Å². The molecular weight excluding hydrogens is 248 g/mol. The summed E-state index contributed by atoms with van der Waals surface area (Å²) in [6.07, 6.45) is 1.38. The molecule has 2 aromatic rings. The largest absolute Gasteiger partial charge is 0.494 e. The van der Waals surface area contributed by atoms with Crippen LogP contribution in [0.2, 0.25) is 0 Å². The van der Waals surface area contributed by atoms with Gasteiger partial charge in [-0.2, -0.15) is 0 Å². The average molecular weight is 270 g/mol. The SMILES string of the molecule is CCCOc1cccc(C(O)c2ccc(CC)cc2)c1. The van der Waals surface area contributed by atoms with E-state index in [2.05, 4.69) is 26.0 Å². The Hall–Kier alpha value is -1.80. The van der Waals surface area contributed by atoms with E-state index in [-0.39, 0.29) is 0 Å². The Labute approximate surface area is 121 Å². The van der Waals surface area contributed by atoms with Gasteiger partial charge < -0.3 is 9.84 Å². The van der Waals surface area contributed by atoms with E-state index in [9.17, 15) is 5.11 Å². The molecule has 2 nitrogen and oxygen atoms in total. The van der Waals surface area contributed by atoms with Gasteiger partial charge in [0.2, 0.25) is 0 Å². The highest BCUT2D eigenvalue weighted by Gasteiger charge is 2.11. The van der Waals surface area contributed by atoms with Gasteiger partial charge in [-0.1, -0.05) is 50.2 Å². The second kappa shape index (κ2) is 7.11. The van der Waals surface area contributed by atoms with Crippen molar-refractivity contribution in [1.29, 1.82) is 0 Å². The molecule has 0 radical (unpaired) electrons. The van der Waals surface area contributed by atoms with E-state index in [0.29, 0.717) is 6.61 Å². The summed E-state index contributed by atoms with van der Waals surface area (Å²) in [5.41, 5.74) is 3.05. The number of aliphatic hydroxyl groups excluding tert-OH is 1. The molecule has 0 bridgehead atoms. The van der Waals surface area contributed by atoms with Crippen molar-refractivity contribution >= 4 is 0 Å². The van der Waals surface area contributed by atoms with Gasteiger partial charge in [0.15, 0.2) is 0 Å². The summed E-state index contributed by atoms with van der Waals surface area (Å²) in [4.78, 5) is 0. The molecule has 20 heavy (non-hydrogen) atoms. The van der Waals surface area contributed by atoms with Crippen LogP contribution in [0.4, 0.5) is 0 Å². The van der Waals surface area contributed by atoms with Crippen molar-refractivity contribution in [3.63, 3.8) is 0 Å².